The molecule has 1 aromatic heterocycles. The second kappa shape index (κ2) is 5.93. The van der Waals surface area contributed by atoms with Crippen molar-refractivity contribution in [3.05, 3.63) is 23.8 Å². The number of nitrogens with zero attached hydrogens (tertiary/aromatic N) is 3. The number of fused-ring (bicyclic) bond motifs is 1. The molecule has 1 atom stereocenters. The Hall–Kier alpha value is -1.53. The molecule has 1 aromatic rings. The van der Waals surface area contributed by atoms with E-state index in [9.17, 15) is 4.79 Å². The van der Waals surface area contributed by atoms with Gasteiger partial charge in [-0.15, -0.1) is 0 Å². The zero-order valence-corrected chi connectivity index (χ0v) is 13.4. The maximum atomic E-state index is 12.8. The SMILES string of the molecule is CC(C)(CN)C1CCN(C(=O)C2NCc3ncncc32)CC1. The molecule has 0 spiro atoms. The fourth-order valence-electron chi connectivity index (χ4n) is 3.51. The van der Waals surface area contributed by atoms with Gasteiger partial charge in [-0.2, -0.15) is 0 Å². The number of aromatic nitrogens is 2. The molecule has 3 heterocycles. The topological polar surface area (TPSA) is 84.1 Å². The van der Waals surface area contributed by atoms with Crippen LogP contribution in [0.2, 0.25) is 0 Å². The minimum atomic E-state index is -0.282. The average Bonchev–Trinajstić information content (AvgIpc) is 2.98. The first-order chi connectivity index (χ1) is 10.5. The van der Waals surface area contributed by atoms with Gasteiger partial charge in [-0.25, -0.2) is 9.97 Å². The molecular formula is C16H25N5O. The zero-order valence-electron chi connectivity index (χ0n) is 13.4. The maximum absolute atomic E-state index is 12.8. The number of nitrogens with one attached hydrogen (secondary N) is 1. The monoisotopic (exact) mass is 303 g/mol. The Bertz CT molecular complexity index is 551. The van der Waals surface area contributed by atoms with E-state index in [2.05, 4.69) is 29.1 Å². The van der Waals surface area contributed by atoms with Crippen molar-refractivity contribution in [1.29, 1.82) is 0 Å². The first kappa shape index (κ1) is 15.4. The normalized spacial score (nSPS) is 22.7. The number of piperidine rings is 1. The summed E-state index contributed by atoms with van der Waals surface area (Å²) < 4.78 is 0. The van der Waals surface area contributed by atoms with Crippen LogP contribution in [0.5, 0.6) is 0 Å². The second-order valence-corrected chi connectivity index (χ2v) is 7.03. The van der Waals surface area contributed by atoms with E-state index >= 15 is 0 Å². The molecule has 0 radical (unpaired) electrons. The fourth-order valence-corrected chi connectivity index (χ4v) is 3.51. The number of hydrogen-bond acceptors (Lipinski definition) is 5. The van der Waals surface area contributed by atoms with Gasteiger partial charge in [0.05, 0.1) is 5.69 Å². The van der Waals surface area contributed by atoms with Crippen LogP contribution >= 0.6 is 0 Å². The van der Waals surface area contributed by atoms with Crippen molar-refractivity contribution in [1.82, 2.24) is 20.2 Å². The predicted molar refractivity (Wildman–Crippen MR) is 83.8 cm³/mol. The number of likely N-dealkylation sites (tertiary alicyclic amines) is 1. The van der Waals surface area contributed by atoms with Crippen LogP contribution in [0, 0.1) is 11.3 Å². The first-order valence-corrected chi connectivity index (χ1v) is 8.04. The van der Waals surface area contributed by atoms with Gasteiger partial charge in [0.2, 0.25) is 5.91 Å². The molecule has 1 saturated heterocycles. The van der Waals surface area contributed by atoms with Crippen molar-refractivity contribution in [2.45, 2.75) is 39.3 Å². The molecule has 22 heavy (non-hydrogen) atoms. The number of rotatable bonds is 3. The summed E-state index contributed by atoms with van der Waals surface area (Å²) >= 11 is 0. The molecular weight excluding hydrogens is 278 g/mol. The molecule has 1 unspecified atom stereocenters. The summed E-state index contributed by atoms with van der Waals surface area (Å²) in [7, 11) is 0. The van der Waals surface area contributed by atoms with Crippen LogP contribution < -0.4 is 11.1 Å². The van der Waals surface area contributed by atoms with Crippen LogP contribution in [-0.2, 0) is 11.3 Å². The lowest BCUT2D eigenvalue weighted by Gasteiger charge is -2.40. The van der Waals surface area contributed by atoms with E-state index in [1.807, 2.05) is 4.90 Å². The minimum absolute atomic E-state index is 0.151. The van der Waals surface area contributed by atoms with Crippen LogP contribution in [0.4, 0.5) is 0 Å². The van der Waals surface area contributed by atoms with Crippen molar-refractivity contribution in [2.75, 3.05) is 19.6 Å². The molecule has 0 aromatic carbocycles. The Kier molecular flexibility index (Phi) is 4.14. The lowest BCUT2D eigenvalue weighted by atomic mass is 9.73. The largest absolute Gasteiger partial charge is 0.341 e. The summed E-state index contributed by atoms with van der Waals surface area (Å²) in [5.41, 5.74) is 7.90. The van der Waals surface area contributed by atoms with Gasteiger partial charge < -0.3 is 10.6 Å². The number of amides is 1. The Morgan fingerprint density at radius 2 is 2.18 bits per heavy atom. The van der Waals surface area contributed by atoms with E-state index in [0.29, 0.717) is 19.0 Å². The Morgan fingerprint density at radius 1 is 1.45 bits per heavy atom. The molecule has 3 N–H and O–H groups in total. The Labute approximate surface area is 131 Å². The van der Waals surface area contributed by atoms with Crippen molar-refractivity contribution in [3.63, 3.8) is 0 Å². The van der Waals surface area contributed by atoms with Crippen LogP contribution in [-0.4, -0.2) is 40.4 Å². The lowest BCUT2D eigenvalue weighted by Crippen LogP contribution is -2.46. The van der Waals surface area contributed by atoms with Crippen molar-refractivity contribution >= 4 is 5.91 Å². The van der Waals surface area contributed by atoms with Gasteiger partial charge in [-0.05, 0) is 30.7 Å². The Morgan fingerprint density at radius 3 is 2.86 bits per heavy atom. The molecule has 3 rings (SSSR count). The van der Waals surface area contributed by atoms with E-state index in [1.165, 1.54) is 6.33 Å². The minimum Gasteiger partial charge on any atom is -0.341 e. The quantitative estimate of drug-likeness (QED) is 0.864. The summed E-state index contributed by atoms with van der Waals surface area (Å²) in [4.78, 5) is 23.0. The number of carbonyl (C=O) groups excluding carboxylic acids is 1. The summed E-state index contributed by atoms with van der Waals surface area (Å²) in [5, 5.41) is 3.26. The van der Waals surface area contributed by atoms with Gasteiger partial charge in [0.25, 0.3) is 0 Å². The highest BCUT2D eigenvalue weighted by Gasteiger charge is 2.37. The van der Waals surface area contributed by atoms with Crippen LogP contribution in [0.1, 0.15) is 44.0 Å². The van der Waals surface area contributed by atoms with E-state index in [-0.39, 0.29) is 17.4 Å². The third-order valence-electron chi connectivity index (χ3n) is 5.30. The molecule has 0 saturated carbocycles. The van der Waals surface area contributed by atoms with E-state index < -0.39 is 0 Å². The van der Waals surface area contributed by atoms with Crippen molar-refractivity contribution < 1.29 is 4.79 Å². The predicted octanol–water partition coefficient (Wildman–Crippen LogP) is 0.844. The smallest absolute Gasteiger partial charge is 0.244 e. The Balaban J connectivity index is 1.64. The van der Waals surface area contributed by atoms with Gasteiger partial charge in [-0.1, -0.05) is 13.8 Å². The molecule has 1 amide bonds. The second-order valence-electron chi connectivity index (χ2n) is 7.03. The van der Waals surface area contributed by atoms with Gasteiger partial charge in [0.15, 0.2) is 0 Å². The standard InChI is InChI=1S/C16H25N5O/c1-16(2,9-17)11-3-5-21(6-4-11)15(22)14-12-7-18-10-20-13(12)8-19-14/h7,10-11,14,19H,3-6,8-9,17H2,1-2H3. The highest BCUT2D eigenvalue weighted by atomic mass is 16.2. The molecule has 0 aliphatic carbocycles. The highest BCUT2D eigenvalue weighted by molar-refractivity contribution is 5.84. The molecule has 0 bridgehead atoms. The third-order valence-corrected chi connectivity index (χ3v) is 5.30. The van der Waals surface area contributed by atoms with Crippen molar-refractivity contribution in [3.8, 4) is 0 Å². The summed E-state index contributed by atoms with van der Waals surface area (Å²) in [6.45, 7) is 7.41. The van der Waals surface area contributed by atoms with E-state index in [4.69, 9.17) is 5.73 Å². The lowest BCUT2D eigenvalue weighted by molar-refractivity contribution is -0.135. The molecule has 6 nitrogen and oxygen atoms in total. The molecule has 2 aliphatic heterocycles. The van der Waals surface area contributed by atoms with Crippen LogP contribution in [0.15, 0.2) is 12.5 Å². The summed E-state index contributed by atoms with van der Waals surface area (Å²) in [6.07, 6.45) is 5.35. The summed E-state index contributed by atoms with van der Waals surface area (Å²) in [6, 6.07) is -0.282. The molecule has 6 heteroatoms. The zero-order chi connectivity index (χ0) is 15.7. The van der Waals surface area contributed by atoms with Crippen LogP contribution in [0.3, 0.4) is 0 Å². The van der Waals surface area contributed by atoms with Gasteiger partial charge in [0.1, 0.15) is 12.4 Å². The average molecular weight is 303 g/mol. The number of carbonyl (C=O) groups is 1. The fraction of sp³-hybridized carbons (Fsp3) is 0.688. The van der Waals surface area contributed by atoms with E-state index in [1.54, 1.807) is 6.20 Å². The van der Waals surface area contributed by atoms with E-state index in [0.717, 1.165) is 37.2 Å². The van der Waals surface area contributed by atoms with Crippen LogP contribution in [0.25, 0.3) is 0 Å². The van der Waals surface area contributed by atoms with Gasteiger partial charge in [-0.3, -0.25) is 10.1 Å². The number of nitrogens with two attached hydrogens (primary N) is 1. The third kappa shape index (κ3) is 2.73. The van der Waals surface area contributed by atoms with Crippen molar-refractivity contribution in [2.24, 2.45) is 17.1 Å². The molecule has 120 valence electrons. The molecule has 2 aliphatic rings. The number of hydrogen-bond donors (Lipinski definition) is 2. The molecule has 1 fully saturated rings. The van der Waals surface area contributed by atoms with Gasteiger partial charge in [0, 0.05) is 31.4 Å². The first-order valence-electron chi connectivity index (χ1n) is 8.04. The highest BCUT2D eigenvalue weighted by Crippen LogP contribution is 2.35. The summed E-state index contributed by atoms with van der Waals surface area (Å²) in [5.74, 6) is 0.742. The maximum Gasteiger partial charge on any atom is 0.244 e. The van der Waals surface area contributed by atoms with Gasteiger partial charge >= 0.3 is 0 Å².